The van der Waals surface area contributed by atoms with Gasteiger partial charge in [0.05, 0.1) is 16.6 Å². The fraction of sp³-hybridized carbons (Fsp3) is 0.364. The third kappa shape index (κ3) is 8.85. The van der Waals surface area contributed by atoms with E-state index in [0.717, 1.165) is 46.1 Å². The number of pyridine rings is 1. The number of carbonyl (C=O) groups is 2. The Bertz CT molecular complexity index is 1720. The number of likely N-dealkylation sites (N-methyl/N-ethyl adjacent to an activating group) is 1. The number of para-hydroxylation sites is 1. The first kappa shape index (κ1) is 36.2. The Morgan fingerprint density at radius 2 is 1.85 bits per heavy atom. The van der Waals surface area contributed by atoms with Gasteiger partial charge >= 0.3 is 6.18 Å². The fourth-order valence-corrected chi connectivity index (χ4v) is 6.73. The lowest BCUT2D eigenvalue weighted by atomic mass is 9.99. The van der Waals surface area contributed by atoms with Gasteiger partial charge < -0.3 is 32.4 Å². The van der Waals surface area contributed by atoms with Crippen LogP contribution in [0.1, 0.15) is 47.2 Å². The van der Waals surface area contributed by atoms with Crippen LogP contribution in [0.3, 0.4) is 0 Å². The van der Waals surface area contributed by atoms with Crippen molar-refractivity contribution in [2.24, 2.45) is 17.2 Å². The van der Waals surface area contributed by atoms with E-state index in [-0.39, 0.29) is 30.1 Å². The van der Waals surface area contributed by atoms with E-state index < -0.39 is 35.6 Å². The van der Waals surface area contributed by atoms with Gasteiger partial charge in [0, 0.05) is 54.2 Å². The van der Waals surface area contributed by atoms with Gasteiger partial charge in [-0.2, -0.15) is 13.2 Å². The molecule has 0 aliphatic heterocycles. The first-order valence-electron chi connectivity index (χ1n) is 15.1. The van der Waals surface area contributed by atoms with E-state index in [0.29, 0.717) is 41.3 Å². The second-order valence-electron chi connectivity index (χ2n) is 11.3. The van der Waals surface area contributed by atoms with Gasteiger partial charge in [0.1, 0.15) is 11.1 Å². The number of aromatic amines is 1. The maximum absolute atomic E-state index is 14.0. The summed E-state index contributed by atoms with van der Waals surface area (Å²) in [6.45, 7) is 2.20. The predicted molar refractivity (Wildman–Crippen MR) is 179 cm³/mol. The molecule has 2 aromatic heterocycles. The molecule has 0 unspecified atom stereocenters. The zero-order chi connectivity index (χ0) is 34.3. The number of nitrogens with two attached hydrogens (primary N) is 3. The Morgan fingerprint density at radius 1 is 1.11 bits per heavy atom. The van der Waals surface area contributed by atoms with Gasteiger partial charge in [-0.15, -0.1) is 0 Å². The van der Waals surface area contributed by atoms with Crippen LogP contribution in [-0.2, 0) is 35.3 Å². The maximum atomic E-state index is 14.0. The highest BCUT2D eigenvalue weighted by atomic mass is 35.5. The lowest BCUT2D eigenvalue weighted by Crippen LogP contribution is -2.53. The molecule has 0 saturated heterocycles. The summed E-state index contributed by atoms with van der Waals surface area (Å²) < 4.78 is 41.6. The highest BCUT2D eigenvalue weighted by Gasteiger charge is 2.34. The summed E-state index contributed by atoms with van der Waals surface area (Å²) in [4.78, 5) is 36.7. The van der Waals surface area contributed by atoms with E-state index in [1.807, 2.05) is 31.2 Å². The average Bonchev–Trinajstić information content (AvgIpc) is 3.36. The van der Waals surface area contributed by atoms with E-state index in [4.69, 9.17) is 28.8 Å². The number of nitrogens with one attached hydrogen (secondary N) is 2. The fourth-order valence-electron chi connectivity index (χ4n) is 5.37. The number of nitrogens with zero attached hydrogens (tertiary/aromatic N) is 2. The van der Waals surface area contributed by atoms with Crippen molar-refractivity contribution in [2.75, 3.05) is 13.6 Å². The van der Waals surface area contributed by atoms with Crippen molar-refractivity contribution in [3.05, 3.63) is 87.7 Å². The first-order chi connectivity index (χ1) is 22.3. The molecule has 0 fully saturated rings. The number of aromatic nitrogens is 2. The number of H-pyrrole nitrogens is 1. The number of carbonyl (C=O) groups excluding carboxylic acids is 2. The van der Waals surface area contributed by atoms with Crippen LogP contribution in [0.2, 0.25) is 5.02 Å². The molecule has 47 heavy (non-hydrogen) atoms. The molecule has 252 valence electrons. The zero-order valence-electron chi connectivity index (χ0n) is 26.2. The number of aryl methyl sites for hydroxylation is 1. The van der Waals surface area contributed by atoms with E-state index >= 15 is 0 Å². The van der Waals surface area contributed by atoms with Crippen molar-refractivity contribution in [1.82, 2.24) is 20.2 Å². The number of fused-ring (bicyclic) bond motifs is 1. The lowest BCUT2D eigenvalue weighted by Gasteiger charge is -2.30. The molecule has 14 heteroatoms. The van der Waals surface area contributed by atoms with Gasteiger partial charge in [0.15, 0.2) is 0 Å². The standard InChI is InChI=1S/C33H39ClF3N7O2S/c1-19-24(23-9-3-4-11-27(23)43-19)16-28(44(2)32(46)26(40)10-5-6-12-38)30(45)42-18-21-14-22(33(35,36)37)15-25(34)29(21)47-31-20(17-39)8-7-13-41-31/h3-4,7-9,11,13-15,26,28,43H,5-6,10,12,16-18,38-40H2,1-2H3,(H,42,45)/t26-,28-/m0/s1. The van der Waals surface area contributed by atoms with Crippen LogP contribution in [0.15, 0.2) is 64.6 Å². The van der Waals surface area contributed by atoms with Crippen molar-refractivity contribution >= 4 is 46.1 Å². The minimum atomic E-state index is -4.68. The summed E-state index contributed by atoms with van der Waals surface area (Å²) in [5.41, 5.74) is 20.1. The van der Waals surface area contributed by atoms with Crippen molar-refractivity contribution in [1.29, 1.82) is 0 Å². The van der Waals surface area contributed by atoms with Crippen LogP contribution < -0.4 is 22.5 Å². The molecule has 9 nitrogen and oxygen atoms in total. The number of hydrogen-bond donors (Lipinski definition) is 5. The van der Waals surface area contributed by atoms with Crippen molar-refractivity contribution in [3.63, 3.8) is 0 Å². The third-order valence-electron chi connectivity index (χ3n) is 8.00. The monoisotopic (exact) mass is 689 g/mol. The molecular weight excluding hydrogens is 651 g/mol. The normalized spacial score (nSPS) is 13.0. The second-order valence-corrected chi connectivity index (χ2v) is 12.7. The van der Waals surface area contributed by atoms with Crippen LogP contribution in [0.25, 0.3) is 10.9 Å². The molecule has 2 amide bonds. The number of amides is 2. The van der Waals surface area contributed by atoms with Crippen LogP contribution in [0, 0.1) is 6.92 Å². The summed E-state index contributed by atoms with van der Waals surface area (Å²) in [6.07, 6.45) is -1.25. The highest BCUT2D eigenvalue weighted by molar-refractivity contribution is 7.99. The predicted octanol–water partition coefficient (Wildman–Crippen LogP) is 5.30. The number of benzene rings is 2. The van der Waals surface area contributed by atoms with Crippen molar-refractivity contribution in [2.45, 2.75) is 73.9 Å². The third-order valence-corrected chi connectivity index (χ3v) is 9.66. The molecule has 0 aliphatic carbocycles. The molecule has 0 aliphatic rings. The number of hydrogen-bond acceptors (Lipinski definition) is 7. The molecule has 0 radical (unpaired) electrons. The topological polar surface area (TPSA) is 156 Å². The Kier molecular flexibility index (Phi) is 12.3. The summed E-state index contributed by atoms with van der Waals surface area (Å²) in [7, 11) is 1.51. The van der Waals surface area contributed by atoms with Gasteiger partial charge in [0.2, 0.25) is 11.8 Å². The van der Waals surface area contributed by atoms with E-state index in [9.17, 15) is 22.8 Å². The molecule has 0 saturated carbocycles. The van der Waals surface area contributed by atoms with E-state index in [2.05, 4.69) is 15.3 Å². The van der Waals surface area contributed by atoms with Gasteiger partial charge in [-0.05, 0) is 67.3 Å². The van der Waals surface area contributed by atoms with Crippen LogP contribution >= 0.6 is 23.4 Å². The molecule has 0 bridgehead atoms. The van der Waals surface area contributed by atoms with Crippen molar-refractivity contribution < 1.29 is 22.8 Å². The molecule has 2 atom stereocenters. The SMILES string of the molecule is Cc1[nH]c2ccccc2c1C[C@@H](C(=O)NCc1cc(C(F)(F)F)cc(Cl)c1Sc1ncccc1CN)N(C)C(=O)[C@@H](N)CCCCN. The largest absolute Gasteiger partial charge is 0.416 e. The Labute approximate surface area is 280 Å². The quantitative estimate of drug-likeness (QED) is 0.113. The van der Waals surface area contributed by atoms with Gasteiger partial charge in [-0.25, -0.2) is 4.98 Å². The van der Waals surface area contributed by atoms with Crippen LogP contribution in [0.5, 0.6) is 0 Å². The average molecular weight is 690 g/mol. The number of alkyl halides is 3. The Balaban J connectivity index is 1.68. The number of rotatable bonds is 14. The Morgan fingerprint density at radius 3 is 2.55 bits per heavy atom. The van der Waals surface area contributed by atoms with E-state index in [1.165, 1.54) is 11.9 Å². The molecular formula is C33H39ClF3N7O2S. The summed E-state index contributed by atoms with van der Waals surface area (Å²) >= 11 is 7.51. The van der Waals surface area contributed by atoms with Crippen LogP contribution in [0.4, 0.5) is 13.2 Å². The zero-order valence-corrected chi connectivity index (χ0v) is 27.7. The summed E-state index contributed by atoms with van der Waals surface area (Å²) in [6, 6.07) is 11.0. The maximum Gasteiger partial charge on any atom is 0.416 e. The van der Waals surface area contributed by atoms with E-state index in [1.54, 1.807) is 18.3 Å². The molecule has 2 aromatic carbocycles. The van der Waals surface area contributed by atoms with Gasteiger partial charge in [0.25, 0.3) is 0 Å². The molecule has 4 rings (SSSR count). The number of halogens is 4. The Hall–Kier alpha value is -3.62. The smallest absolute Gasteiger partial charge is 0.358 e. The molecule has 2 heterocycles. The summed E-state index contributed by atoms with van der Waals surface area (Å²) in [5.74, 6) is -0.993. The second kappa shape index (κ2) is 16.0. The van der Waals surface area contributed by atoms with Gasteiger partial charge in [-0.3, -0.25) is 9.59 Å². The number of unbranched alkanes of at least 4 members (excludes halogenated alkanes) is 1. The van der Waals surface area contributed by atoms with Crippen LogP contribution in [-0.4, -0.2) is 52.4 Å². The molecule has 4 aromatic rings. The first-order valence-corrected chi connectivity index (χ1v) is 16.3. The van der Waals surface area contributed by atoms with Gasteiger partial charge in [-0.1, -0.05) is 54.0 Å². The summed E-state index contributed by atoms with van der Waals surface area (Å²) in [5, 5.41) is 4.00. The minimum Gasteiger partial charge on any atom is -0.358 e. The molecule has 8 N–H and O–H groups in total. The highest BCUT2D eigenvalue weighted by Crippen LogP contribution is 2.41. The molecule has 0 spiro atoms. The van der Waals surface area contributed by atoms with Crippen molar-refractivity contribution in [3.8, 4) is 0 Å². The lowest BCUT2D eigenvalue weighted by molar-refractivity contribution is -0.140. The minimum absolute atomic E-state index is 0.131.